The minimum absolute atomic E-state index is 0.617. The van der Waals surface area contributed by atoms with Gasteiger partial charge in [0.1, 0.15) is 12.2 Å². The molecule has 170 valence electrons. The van der Waals surface area contributed by atoms with Gasteiger partial charge >= 0.3 is 0 Å². The van der Waals surface area contributed by atoms with Crippen LogP contribution in [0.5, 0.6) is 0 Å². The van der Waals surface area contributed by atoms with Crippen LogP contribution >= 0.6 is 34.0 Å². The van der Waals surface area contributed by atoms with Crippen LogP contribution in [-0.4, -0.2) is 10.2 Å². The summed E-state index contributed by atoms with van der Waals surface area (Å²) < 4.78 is 4.85. The molecule has 0 saturated carbocycles. The molecule has 0 fully saturated rings. The number of aliphatic hydroxyl groups excluding tert-OH is 2. The summed E-state index contributed by atoms with van der Waals surface area (Å²) in [5.74, 6) is 0. The molecular weight excluding hydrogens is 465 g/mol. The third-order valence-corrected chi connectivity index (χ3v) is 10.3. The zero-order valence-electron chi connectivity index (χ0n) is 19.7. The van der Waals surface area contributed by atoms with Crippen LogP contribution < -0.4 is 0 Å². The molecule has 0 saturated heterocycles. The Balaban J connectivity index is 1.55. The molecule has 0 aliphatic heterocycles. The number of rotatable bonds is 4. The third-order valence-electron chi connectivity index (χ3n) is 6.42. The summed E-state index contributed by atoms with van der Waals surface area (Å²) in [5, 5.41) is 22.5. The summed E-state index contributed by atoms with van der Waals surface area (Å²) in [4.78, 5) is 1.96. The third kappa shape index (κ3) is 3.86. The fraction of sp³-hybridized carbons (Fsp3) is 0.286. The van der Waals surface area contributed by atoms with E-state index in [1.807, 2.05) is 0 Å². The van der Waals surface area contributed by atoms with E-state index >= 15 is 0 Å². The van der Waals surface area contributed by atoms with Crippen molar-refractivity contribution < 1.29 is 10.2 Å². The minimum Gasteiger partial charge on any atom is -0.383 e. The highest BCUT2D eigenvalue weighted by atomic mass is 32.1. The maximum atomic E-state index is 11.2. The number of hydrogen-bond donors (Lipinski definition) is 2. The first kappa shape index (κ1) is 22.8. The number of hydrogen-bond acceptors (Lipinski definition) is 5. The maximum absolute atomic E-state index is 11.2. The summed E-state index contributed by atoms with van der Waals surface area (Å²) in [7, 11) is 0. The molecule has 5 heteroatoms. The zero-order chi connectivity index (χ0) is 23.6. The van der Waals surface area contributed by atoms with Gasteiger partial charge in [-0.15, -0.1) is 34.0 Å². The van der Waals surface area contributed by atoms with Gasteiger partial charge in [-0.05, 0) is 87.1 Å². The predicted octanol–water partition coefficient (Wildman–Crippen LogP) is 8.19. The van der Waals surface area contributed by atoms with Crippen LogP contribution in [0.3, 0.4) is 0 Å². The normalized spacial score (nSPS) is 13.8. The second-order valence-electron chi connectivity index (χ2n) is 9.22. The molecule has 0 aliphatic carbocycles. The highest BCUT2D eigenvalue weighted by Gasteiger charge is 2.23. The van der Waals surface area contributed by atoms with Crippen molar-refractivity contribution in [2.45, 2.75) is 53.8 Å². The molecule has 2 unspecified atom stereocenters. The van der Waals surface area contributed by atoms with E-state index in [1.165, 1.54) is 29.9 Å². The summed E-state index contributed by atoms with van der Waals surface area (Å²) in [6.45, 7) is 12.5. The Hall–Kier alpha value is -2.02. The lowest BCUT2D eigenvalue weighted by atomic mass is 9.95. The molecule has 5 aromatic rings. The Morgan fingerprint density at radius 2 is 0.848 bits per heavy atom. The van der Waals surface area contributed by atoms with Gasteiger partial charge in [-0.2, -0.15) is 0 Å². The van der Waals surface area contributed by atoms with Gasteiger partial charge in [0.2, 0.25) is 0 Å². The van der Waals surface area contributed by atoms with Gasteiger partial charge in [0.05, 0.1) is 9.40 Å². The summed E-state index contributed by atoms with van der Waals surface area (Å²) in [6.07, 6.45) is -1.23. The van der Waals surface area contributed by atoms with Gasteiger partial charge in [0, 0.05) is 19.2 Å². The van der Waals surface area contributed by atoms with Crippen LogP contribution in [0.25, 0.3) is 18.8 Å². The Morgan fingerprint density at radius 1 is 0.515 bits per heavy atom. The van der Waals surface area contributed by atoms with Gasteiger partial charge in [-0.3, -0.25) is 0 Å². The summed E-state index contributed by atoms with van der Waals surface area (Å²) in [5.41, 5.74) is 8.99. The van der Waals surface area contributed by atoms with E-state index in [0.29, 0.717) is 0 Å². The first-order valence-corrected chi connectivity index (χ1v) is 13.6. The van der Waals surface area contributed by atoms with Crippen molar-refractivity contribution in [2.75, 3.05) is 0 Å². The Labute approximate surface area is 206 Å². The van der Waals surface area contributed by atoms with Gasteiger partial charge in [0.15, 0.2) is 0 Å². The lowest BCUT2D eigenvalue weighted by Crippen LogP contribution is -2.03. The smallest absolute Gasteiger partial charge is 0.114 e. The van der Waals surface area contributed by atoms with Crippen LogP contribution in [0.1, 0.15) is 66.5 Å². The quantitative estimate of drug-likeness (QED) is 0.265. The van der Waals surface area contributed by atoms with E-state index in [2.05, 4.69) is 77.9 Å². The van der Waals surface area contributed by atoms with Crippen molar-refractivity contribution in [3.8, 4) is 0 Å². The highest BCUT2D eigenvalue weighted by Crippen LogP contribution is 2.48. The van der Waals surface area contributed by atoms with Gasteiger partial charge in [0.25, 0.3) is 0 Å². The van der Waals surface area contributed by atoms with E-state index in [0.717, 1.165) is 43.1 Å². The molecule has 3 heterocycles. The molecular formula is C28H28O2S3. The van der Waals surface area contributed by atoms with Crippen molar-refractivity contribution in [1.29, 1.82) is 0 Å². The van der Waals surface area contributed by atoms with Gasteiger partial charge in [-0.1, -0.05) is 35.4 Å². The summed E-state index contributed by atoms with van der Waals surface area (Å²) >= 11 is 5.10. The maximum Gasteiger partial charge on any atom is 0.114 e. The Kier molecular flexibility index (Phi) is 5.74. The standard InChI is InChI=1S/C28H28O2S3/c1-13-7-15(3)23(16(4)8-13)25(29)19-11-21-27(32-19)28-22(31-21)12-20(33-28)26(30)24-17(5)9-14(2)10-18(24)6/h7-12,25-26,29-30H,1-6H3. The van der Waals surface area contributed by atoms with Crippen LogP contribution in [0, 0.1) is 41.5 Å². The average Bonchev–Trinajstić information content (AvgIpc) is 3.36. The second-order valence-corrected chi connectivity index (χ2v) is 12.5. The van der Waals surface area contributed by atoms with Crippen LogP contribution in [0.4, 0.5) is 0 Å². The highest BCUT2D eigenvalue weighted by molar-refractivity contribution is 7.38. The van der Waals surface area contributed by atoms with Gasteiger partial charge in [-0.25, -0.2) is 0 Å². The molecule has 3 aromatic heterocycles. The second kappa shape index (κ2) is 8.33. The van der Waals surface area contributed by atoms with E-state index < -0.39 is 12.2 Å². The Morgan fingerprint density at radius 3 is 1.18 bits per heavy atom. The van der Waals surface area contributed by atoms with Crippen molar-refractivity contribution in [2.24, 2.45) is 0 Å². The molecule has 2 aromatic carbocycles. The number of thiophene rings is 3. The fourth-order valence-corrected chi connectivity index (χ4v) is 9.21. The van der Waals surface area contributed by atoms with Crippen molar-refractivity contribution in [3.63, 3.8) is 0 Å². The molecule has 0 bridgehead atoms. The van der Waals surface area contributed by atoms with Crippen molar-refractivity contribution >= 4 is 52.8 Å². The molecule has 2 atom stereocenters. The van der Waals surface area contributed by atoms with Crippen molar-refractivity contribution in [3.05, 3.63) is 90.7 Å². The molecule has 2 nitrogen and oxygen atoms in total. The predicted molar refractivity (Wildman–Crippen MR) is 145 cm³/mol. The lowest BCUT2D eigenvalue weighted by molar-refractivity contribution is 0.222. The number of fused-ring (bicyclic) bond motifs is 3. The number of benzene rings is 2. The molecule has 0 radical (unpaired) electrons. The summed E-state index contributed by atoms with van der Waals surface area (Å²) in [6, 6.07) is 12.9. The first-order chi connectivity index (χ1) is 15.6. The molecule has 0 amide bonds. The monoisotopic (exact) mass is 492 g/mol. The van der Waals surface area contributed by atoms with E-state index in [-0.39, 0.29) is 0 Å². The van der Waals surface area contributed by atoms with E-state index in [4.69, 9.17) is 0 Å². The Bertz CT molecular complexity index is 1360. The fourth-order valence-electron chi connectivity index (χ4n) is 5.17. The van der Waals surface area contributed by atoms with Crippen LogP contribution in [0.15, 0.2) is 36.4 Å². The average molecular weight is 493 g/mol. The molecule has 0 aliphatic rings. The van der Waals surface area contributed by atoms with E-state index in [9.17, 15) is 10.2 Å². The minimum atomic E-state index is -0.617. The molecule has 2 N–H and O–H groups in total. The molecule has 5 rings (SSSR count). The van der Waals surface area contributed by atoms with Gasteiger partial charge < -0.3 is 10.2 Å². The van der Waals surface area contributed by atoms with Crippen molar-refractivity contribution in [1.82, 2.24) is 0 Å². The largest absolute Gasteiger partial charge is 0.383 e. The number of aliphatic hydroxyl groups is 2. The molecule has 0 spiro atoms. The van der Waals surface area contributed by atoms with E-state index in [1.54, 1.807) is 34.0 Å². The first-order valence-electron chi connectivity index (χ1n) is 11.1. The topological polar surface area (TPSA) is 40.5 Å². The van der Waals surface area contributed by atoms with Crippen LogP contribution in [-0.2, 0) is 0 Å². The van der Waals surface area contributed by atoms with Crippen LogP contribution in [0.2, 0.25) is 0 Å². The molecule has 33 heavy (non-hydrogen) atoms. The SMILES string of the molecule is Cc1cc(C)c(C(O)c2cc3sc4cc(C(O)c5c(C)cc(C)cc5C)sc4c3s2)c(C)c1. The zero-order valence-corrected chi connectivity index (χ0v) is 22.2. The number of aryl methyl sites for hydroxylation is 6. The lowest BCUT2D eigenvalue weighted by Gasteiger charge is -2.16.